The van der Waals surface area contributed by atoms with Crippen LogP contribution in [0.4, 0.5) is 0 Å². The first-order chi connectivity index (χ1) is 17.8. The first kappa shape index (κ1) is 25.1. The monoisotopic (exact) mass is 506 g/mol. The van der Waals surface area contributed by atoms with Gasteiger partial charge in [0.25, 0.3) is 11.8 Å². The summed E-state index contributed by atoms with van der Waals surface area (Å²) in [4.78, 5) is 55.0. The second-order valence-corrected chi connectivity index (χ2v) is 10.0. The van der Waals surface area contributed by atoms with Gasteiger partial charge in [-0.25, -0.2) is 0 Å². The molecule has 3 atom stereocenters. The fraction of sp³-hybridized carbons (Fsp3) is 0.429. The van der Waals surface area contributed by atoms with Crippen LogP contribution < -0.4 is 0 Å². The molecule has 5 rings (SSSR count). The third-order valence-corrected chi connectivity index (χ3v) is 8.08. The summed E-state index contributed by atoms with van der Waals surface area (Å²) < 4.78 is 0. The van der Waals surface area contributed by atoms with Crippen molar-refractivity contribution in [1.29, 1.82) is 0 Å². The standard InChI is InChI=1S/C28H30N2O7/c31-14-17-11-16-9-10-29(25(33)21-7-3-4-8-22(21)28(36)37)24(23(16)12-18(17)15-32)13-30-26(34)19-5-1-2-6-20(19)27(30)35/h1-2,5-6,11-12,21-22,24,31-32H,3-4,7-10,13-15H2,(H,36,37)/t21-,22+,24+/m1/s1. The van der Waals surface area contributed by atoms with Crippen LogP contribution in [0.25, 0.3) is 0 Å². The van der Waals surface area contributed by atoms with Crippen molar-refractivity contribution in [2.75, 3.05) is 13.1 Å². The summed E-state index contributed by atoms with van der Waals surface area (Å²) in [5, 5.41) is 29.5. The van der Waals surface area contributed by atoms with Crippen molar-refractivity contribution in [2.24, 2.45) is 11.8 Å². The van der Waals surface area contributed by atoms with E-state index in [0.717, 1.165) is 23.3 Å². The molecule has 0 bridgehead atoms. The van der Waals surface area contributed by atoms with Crippen molar-refractivity contribution in [1.82, 2.24) is 9.80 Å². The zero-order valence-electron chi connectivity index (χ0n) is 20.4. The third kappa shape index (κ3) is 4.32. The average molecular weight is 507 g/mol. The first-order valence-electron chi connectivity index (χ1n) is 12.7. The highest BCUT2D eigenvalue weighted by Gasteiger charge is 2.44. The lowest BCUT2D eigenvalue weighted by Crippen LogP contribution is -2.50. The van der Waals surface area contributed by atoms with E-state index in [1.165, 1.54) is 0 Å². The SMILES string of the molecule is O=C(O)[C@H]1CCCC[C@H]1C(=O)N1CCc2cc(CO)c(CO)cc2[C@@H]1CN1C(=O)c2ccccc2C1=O. The van der Waals surface area contributed by atoms with Gasteiger partial charge in [-0.15, -0.1) is 0 Å². The second kappa shape index (κ2) is 10.1. The fourth-order valence-electron chi connectivity index (χ4n) is 6.12. The predicted molar refractivity (Wildman–Crippen MR) is 131 cm³/mol. The van der Waals surface area contributed by atoms with Crippen LogP contribution in [0, 0.1) is 11.8 Å². The molecule has 3 aliphatic rings. The van der Waals surface area contributed by atoms with E-state index in [2.05, 4.69) is 0 Å². The van der Waals surface area contributed by atoms with Gasteiger partial charge < -0.3 is 20.2 Å². The summed E-state index contributed by atoms with van der Waals surface area (Å²) in [6.45, 7) is -0.359. The van der Waals surface area contributed by atoms with Crippen LogP contribution in [-0.2, 0) is 29.2 Å². The molecule has 2 aliphatic heterocycles. The number of hydrogen-bond donors (Lipinski definition) is 3. The molecule has 1 fully saturated rings. The number of carbonyl (C=O) groups is 4. The molecule has 0 radical (unpaired) electrons. The summed E-state index contributed by atoms with van der Waals surface area (Å²) in [7, 11) is 0. The van der Waals surface area contributed by atoms with Crippen LogP contribution in [0.15, 0.2) is 36.4 Å². The number of fused-ring (bicyclic) bond motifs is 2. The van der Waals surface area contributed by atoms with Crippen LogP contribution in [0.3, 0.4) is 0 Å². The molecule has 2 aromatic rings. The van der Waals surface area contributed by atoms with Crippen LogP contribution in [0.1, 0.15) is 74.7 Å². The summed E-state index contributed by atoms with van der Waals surface area (Å²) in [6.07, 6.45) is 2.91. The highest BCUT2D eigenvalue weighted by molar-refractivity contribution is 6.21. The Bertz CT molecular complexity index is 1240. The predicted octanol–water partition coefficient (Wildman–Crippen LogP) is 2.28. The minimum absolute atomic E-state index is 0.0844. The molecule has 2 aromatic carbocycles. The number of benzene rings is 2. The number of carboxylic acid groups (broad SMARTS) is 1. The number of imide groups is 1. The zero-order valence-corrected chi connectivity index (χ0v) is 20.4. The lowest BCUT2D eigenvalue weighted by Gasteiger charge is -2.42. The van der Waals surface area contributed by atoms with Gasteiger partial charge in [0, 0.05) is 6.54 Å². The van der Waals surface area contributed by atoms with Crippen molar-refractivity contribution in [3.63, 3.8) is 0 Å². The molecule has 2 heterocycles. The fourth-order valence-corrected chi connectivity index (χ4v) is 6.12. The molecular weight excluding hydrogens is 476 g/mol. The van der Waals surface area contributed by atoms with E-state index in [4.69, 9.17) is 0 Å². The molecule has 194 valence electrons. The van der Waals surface area contributed by atoms with Crippen LogP contribution in [0.2, 0.25) is 0 Å². The number of aliphatic hydroxyl groups excluding tert-OH is 2. The van der Waals surface area contributed by atoms with Crippen molar-refractivity contribution < 1.29 is 34.5 Å². The Balaban J connectivity index is 1.55. The maximum absolute atomic E-state index is 13.9. The molecule has 9 nitrogen and oxygen atoms in total. The average Bonchev–Trinajstić information content (AvgIpc) is 3.16. The van der Waals surface area contributed by atoms with E-state index in [1.54, 1.807) is 41.3 Å². The van der Waals surface area contributed by atoms with Crippen LogP contribution >= 0.6 is 0 Å². The maximum atomic E-state index is 13.9. The van der Waals surface area contributed by atoms with E-state index in [9.17, 15) is 34.5 Å². The largest absolute Gasteiger partial charge is 0.481 e. The van der Waals surface area contributed by atoms with Gasteiger partial charge in [0.05, 0.1) is 48.8 Å². The topological polar surface area (TPSA) is 135 Å². The van der Waals surface area contributed by atoms with E-state index in [0.29, 0.717) is 53.6 Å². The normalized spacial score (nSPS) is 23.1. The lowest BCUT2D eigenvalue weighted by molar-refractivity contribution is -0.153. The number of hydrogen-bond acceptors (Lipinski definition) is 6. The van der Waals surface area contributed by atoms with Gasteiger partial charge in [-0.2, -0.15) is 0 Å². The molecule has 0 unspecified atom stereocenters. The molecule has 0 saturated heterocycles. The van der Waals surface area contributed by atoms with Gasteiger partial charge in [0.2, 0.25) is 5.91 Å². The first-order valence-corrected chi connectivity index (χ1v) is 12.7. The third-order valence-electron chi connectivity index (χ3n) is 8.08. The molecule has 37 heavy (non-hydrogen) atoms. The molecular formula is C28H30N2O7. The summed E-state index contributed by atoms with van der Waals surface area (Å²) >= 11 is 0. The Labute approximate surface area is 214 Å². The number of carbonyl (C=O) groups excluding carboxylic acids is 3. The van der Waals surface area contributed by atoms with Crippen molar-refractivity contribution >= 4 is 23.7 Å². The number of amides is 3. The molecule has 0 spiro atoms. The van der Waals surface area contributed by atoms with E-state index >= 15 is 0 Å². The van der Waals surface area contributed by atoms with Crippen LogP contribution in [-0.4, -0.2) is 61.9 Å². The van der Waals surface area contributed by atoms with Gasteiger partial charge in [-0.05, 0) is 53.6 Å². The van der Waals surface area contributed by atoms with Gasteiger partial charge in [0.1, 0.15) is 0 Å². The van der Waals surface area contributed by atoms with Crippen molar-refractivity contribution in [3.05, 3.63) is 69.8 Å². The highest BCUT2D eigenvalue weighted by Crippen LogP contribution is 2.39. The second-order valence-electron chi connectivity index (χ2n) is 10.0. The molecule has 1 saturated carbocycles. The summed E-state index contributed by atoms with van der Waals surface area (Å²) in [6, 6.07) is 9.43. The number of nitrogens with zero attached hydrogens (tertiary/aromatic N) is 2. The van der Waals surface area contributed by atoms with Crippen LogP contribution in [0.5, 0.6) is 0 Å². The molecule has 3 N–H and O–H groups in total. The summed E-state index contributed by atoms with van der Waals surface area (Å²) in [5.41, 5.74) is 3.27. The molecule has 1 aliphatic carbocycles. The quantitative estimate of drug-likeness (QED) is 0.512. The number of aliphatic hydroxyl groups is 2. The molecule has 9 heteroatoms. The Kier molecular flexibility index (Phi) is 6.83. The lowest BCUT2D eigenvalue weighted by atomic mass is 9.77. The number of aliphatic carboxylic acids is 1. The number of rotatable bonds is 6. The maximum Gasteiger partial charge on any atom is 0.307 e. The van der Waals surface area contributed by atoms with Gasteiger partial charge in [0.15, 0.2) is 0 Å². The van der Waals surface area contributed by atoms with Gasteiger partial charge >= 0.3 is 5.97 Å². The van der Waals surface area contributed by atoms with Gasteiger partial charge in [-0.3, -0.25) is 24.1 Å². The highest BCUT2D eigenvalue weighted by atomic mass is 16.4. The van der Waals surface area contributed by atoms with E-state index in [1.807, 2.05) is 0 Å². The van der Waals surface area contributed by atoms with E-state index < -0.39 is 35.7 Å². The van der Waals surface area contributed by atoms with E-state index in [-0.39, 0.29) is 25.7 Å². The Morgan fingerprint density at radius 3 is 2.08 bits per heavy atom. The minimum Gasteiger partial charge on any atom is -0.481 e. The molecule has 3 amide bonds. The Hall–Kier alpha value is -3.56. The summed E-state index contributed by atoms with van der Waals surface area (Å²) in [5.74, 6) is -3.58. The number of carboxylic acids is 1. The Morgan fingerprint density at radius 1 is 0.892 bits per heavy atom. The zero-order chi connectivity index (χ0) is 26.3. The molecule has 0 aromatic heterocycles. The van der Waals surface area contributed by atoms with Crippen molar-refractivity contribution in [2.45, 2.75) is 51.4 Å². The van der Waals surface area contributed by atoms with Gasteiger partial charge in [-0.1, -0.05) is 37.1 Å². The smallest absolute Gasteiger partial charge is 0.307 e. The van der Waals surface area contributed by atoms with Crippen molar-refractivity contribution in [3.8, 4) is 0 Å². The minimum atomic E-state index is -0.984. The Morgan fingerprint density at radius 2 is 1.49 bits per heavy atom.